The van der Waals surface area contributed by atoms with Crippen LogP contribution in [0.1, 0.15) is 280 Å². The average molecular weight is 1340 g/mol. The van der Waals surface area contributed by atoms with Crippen LogP contribution in [0.5, 0.6) is 0 Å². The van der Waals surface area contributed by atoms with Crippen LogP contribution in [0.15, 0.2) is 188 Å². The van der Waals surface area contributed by atoms with Crippen molar-refractivity contribution >= 4 is 0 Å². The van der Waals surface area contributed by atoms with Crippen LogP contribution >= 0.6 is 0 Å². The Hall–Kier alpha value is -7.80. The molecule has 0 heterocycles. The van der Waals surface area contributed by atoms with Crippen LogP contribution in [0.2, 0.25) is 0 Å². The maximum Gasteiger partial charge on any atom is 0.0213 e. The van der Waals surface area contributed by atoms with Gasteiger partial charge in [0.1, 0.15) is 0 Å². The highest BCUT2D eigenvalue weighted by molar-refractivity contribution is 5.93. The van der Waals surface area contributed by atoms with E-state index in [0.29, 0.717) is 17.8 Å². The van der Waals surface area contributed by atoms with Gasteiger partial charge in [0.05, 0.1) is 0 Å². The smallest absolute Gasteiger partial charge is 0.0213 e. The molecule has 0 saturated heterocycles. The van der Waals surface area contributed by atoms with E-state index in [0.717, 1.165) is 51.4 Å². The molecule has 5 aliphatic rings. The van der Waals surface area contributed by atoms with E-state index in [2.05, 4.69) is 285 Å². The Morgan fingerprint density at radius 2 is 0.451 bits per heavy atom. The molecular weight excluding hydrogens is 1230 g/mol. The summed E-state index contributed by atoms with van der Waals surface area (Å²) in [6.45, 7) is 33.9. The summed E-state index contributed by atoms with van der Waals surface area (Å²) < 4.78 is 0. The Bertz CT molecular complexity index is 4830. The van der Waals surface area contributed by atoms with Crippen molar-refractivity contribution in [2.24, 2.45) is 17.8 Å². The summed E-state index contributed by atoms with van der Waals surface area (Å²) in [6.07, 6.45) is 23.4. The lowest BCUT2D eigenvalue weighted by molar-refractivity contribution is 0.389. The fourth-order valence-corrected chi connectivity index (χ4v) is 21.2. The predicted molar refractivity (Wildman–Crippen MR) is 441 cm³/mol. The molecule has 524 valence electrons. The van der Waals surface area contributed by atoms with Gasteiger partial charge in [-0.05, 0) is 312 Å². The van der Waals surface area contributed by atoms with Crippen LogP contribution in [-0.4, -0.2) is 0 Å². The highest BCUT2D eigenvalue weighted by Gasteiger charge is 2.48. The molecule has 10 aromatic carbocycles. The van der Waals surface area contributed by atoms with Crippen molar-refractivity contribution < 1.29 is 0 Å². The number of unbranched alkanes of at least 4 members (excludes halogenated alkanes) is 2. The molecule has 0 aliphatic heterocycles. The first kappa shape index (κ1) is 69.9. The number of hydrogen-bond acceptors (Lipinski definition) is 0. The van der Waals surface area contributed by atoms with Gasteiger partial charge in [0, 0.05) is 27.1 Å². The fraction of sp³-hybridized carbons (Fsp3) is 0.412. The topological polar surface area (TPSA) is 0 Å². The van der Waals surface area contributed by atoms with Gasteiger partial charge in [-0.2, -0.15) is 0 Å². The first-order chi connectivity index (χ1) is 49.6. The lowest BCUT2D eigenvalue weighted by Gasteiger charge is -2.34. The summed E-state index contributed by atoms with van der Waals surface area (Å²) in [6, 6.07) is 77.6. The molecule has 5 aliphatic carbocycles. The number of fused-ring (bicyclic) bond motifs is 15. The third-order valence-electron chi connectivity index (χ3n) is 28.4. The molecule has 15 rings (SSSR count). The second-order valence-corrected chi connectivity index (χ2v) is 33.2. The molecule has 0 radical (unpaired) electrons. The summed E-state index contributed by atoms with van der Waals surface area (Å²) >= 11 is 0. The molecule has 0 saturated carbocycles. The molecule has 0 nitrogen and oxygen atoms in total. The highest BCUT2D eigenvalue weighted by Crippen LogP contribution is 2.62. The van der Waals surface area contributed by atoms with Crippen molar-refractivity contribution in [1.82, 2.24) is 0 Å². The van der Waals surface area contributed by atoms with Gasteiger partial charge < -0.3 is 0 Å². The Morgan fingerprint density at radius 1 is 0.235 bits per heavy atom. The Morgan fingerprint density at radius 3 is 0.696 bits per heavy atom. The highest BCUT2D eigenvalue weighted by atomic mass is 14.5. The maximum absolute atomic E-state index is 2.68. The fourth-order valence-electron chi connectivity index (χ4n) is 21.2. The van der Waals surface area contributed by atoms with E-state index in [9.17, 15) is 0 Å². The van der Waals surface area contributed by atoms with E-state index in [-0.39, 0.29) is 27.1 Å². The van der Waals surface area contributed by atoms with Crippen LogP contribution in [0, 0.1) is 24.7 Å². The van der Waals surface area contributed by atoms with Gasteiger partial charge >= 0.3 is 0 Å². The van der Waals surface area contributed by atoms with E-state index in [1.165, 1.54) is 227 Å². The number of aryl methyl sites for hydroxylation is 1. The minimum absolute atomic E-state index is 0.0297. The Kier molecular flexibility index (Phi) is 19.0. The third kappa shape index (κ3) is 10.9. The lowest BCUT2D eigenvalue weighted by Crippen LogP contribution is -2.26. The minimum atomic E-state index is -0.109. The van der Waals surface area contributed by atoms with Gasteiger partial charge in [-0.3, -0.25) is 0 Å². The quantitative estimate of drug-likeness (QED) is 0.0481. The van der Waals surface area contributed by atoms with Gasteiger partial charge in [0.25, 0.3) is 0 Å². The second kappa shape index (κ2) is 27.7. The molecule has 10 aromatic rings. The van der Waals surface area contributed by atoms with Crippen molar-refractivity contribution in [3.8, 4) is 100 Å². The lowest BCUT2D eigenvalue weighted by atomic mass is 9.69. The Labute approximate surface area is 615 Å². The van der Waals surface area contributed by atoms with Crippen molar-refractivity contribution in [2.45, 2.75) is 252 Å². The monoisotopic (exact) mass is 1340 g/mol. The molecule has 0 heteroatoms. The zero-order valence-corrected chi connectivity index (χ0v) is 64.8. The van der Waals surface area contributed by atoms with Crippen molar-refractivity contribution in [1.29, 1.82) is 0 Å². The normalized spacial score (nSPS) is 21.3. The first-order valence-electron chi connectivity index (χ1n) is 41.0. The second-order valence-electron chi connectivity index (χ2n) is 33.2. The summed E-state index contributed by atoms with van der Waals surface area (Å²) in [4.78, 5) is 0. The SMILES string of the molecule is CCCCC1(CC)c2cc(C)ccc2-c2ccc(-c3ccc4c(c3)C(CC)(CCCC)c3cc(-c5ccc6c(c5)C(CC)(CCC(C)CC)c5cc(-c7ccc8c(c7)C(CC)(CCC(C)CC)c7cc(-c9ccc%10c(c9)C(CC)(CCC(C)CC)c9ccccc9-%10)ccc7-8)ccc5-6)ccc3-4)cc21. The minimum Gasteiger partial charge on any atom is -0.0654 e. The number of benzene rings is 10. The number of hydrogen-bond donors (Lipinski definition) is 0. The molecule has 0 N–H and O–H groups in total. The van der Waals surface area contributed by atoms with E-state index in [1.54, 1.807) is 11.1 Å². The van der Waals surface area contributed by atoms with Crippen LogP contribution in [0.4, 0.5) is 0 Å². The molecule has 102 heavy (non-hydrogen) atoms. The molecular formula is C102H116. The zero-order valence-electron chi connectivity index (χ0n) is 64.8. The molecule has 0 aromatic heterocycles. The predicted octanol–water partition coefficient (Wildman–Crippen LogP) is 29.9. The van der Waals surface area contributed by atoms with Crippen molar-refractivity contribution in [3.63, 3.8) is 0 Å². The van der Waals surface area contributed by atoms with Crippen LogP contribution in [0.3, 0.4) is 0 Å². The molecule has 0 fully saturated rings. The Balaban J connectivity index is 0.782. The standard InChI is InChI=1S/C102H116/c1-15-25-52-98(20-6)89-57-69(14)31-40-79(89)81-42-33-70(58-90(81)98)71-34-43-82-83-44-35-72(60-92(83)99(21-7,53-26-16-2)91(82)59-71)74-36-45-84-86-47-38-76(64-96(86)101(23-9,94(84)62-74)55-50-67(12)18-4)77-39-48-87-85-46-37-75(63-95(85)102(24-10,97(87)65-77)56-51-68(13)19-5)73-32-41-80-78-29-27-28-30-88(78)100(22-8,93(80)61-73)54-49-66(11)17-3/h27-48,57-68H,15-26,49-56H2,1-14H3. The van der Waals surface area contributed by atoms with Crippen LogP contribution < -0.4 is 0 Å². The summed E-state index contributed by atoms with van der Waals surface area (Å²) in [5.74, 6) is 2.02. The van der Waals surface area contributed by atoms with Gasteiger partial charge in [-0.15, -0.1) is 0 Å². The van der Waals surface area contributed by atoms with Crippen molar-refractivity contribution in [2.75, 3.05) is 0 Å². The van der Waals surface area contributed by atoms with Crippen LogP contribution in [0.25, 0.3) is 100 Å². The average Bonchev–Trinajstić information content (AvgIpc) is 1.54. The molecule has 0 spiro atoms. The largest absolute Gasteiger partial charge is 0.0654 e. The van der Waals surface area contributed by atoms with Crippen LogP contribution in [-0.2, 0) is 27.1 Å². The van der Waals surface area contributed by atoms with Crippen molar-refractivity contribution in [3.05, 3.63) is 249 Å². The van der Waals surface area contributed by atoms with E-state index in [4.69, 9.17) is 0 Å². The van der Waals surface area contributed by atoms with Gasteiger partial charge in [0.15, 0.2) is 0 Å². The van der Waals surface area contributed by atoms with E-state index < -0.39 is 0 Å². The van der Waals surface area contributed by atoms with E-state index >= 15 is 0 Å². The molecule has 8 atom stereocenters. The third-order valence-corrected chi connectivity index (χ3v) is 28.4. The molecule has 0 amide bonds. The summed E-state index contributed by atoms with van der Waals surface area (Å²) in [7, 11) is 0. The van der Waals surface area contributed by atoms with Gasteiger partial charge in [0.2, 0.25) is 0 Å². The molecule has 8 unspecified atom stereocenters. The van der Waals surface area contributed by atoms with Gasteiger partial charge in [-0.25, -0.2) is 0 Å². The summed E-state index contributed by atoms with van der Waals surface area (Å²) in [5, 5.41) is 0. The van der Waals surface area contributed by atoms with E-state index in [1.807, 2.05) is 0 Å². The maximum atomic E-state index is 2.68. The zero-order chi connectivity index (χ0) is 71.0. The number of rotatable bonds is 27. The summed E-state index contributed by atoms with van der Waals surface area (Å²) in [5.41, 5.74) is 41.7. The van der Waals surface area contributed by atoms with Gasteiger partial charge in [-0.1, -0.05) is 280 Å². The first-order valence-corrected chi connectivity index (χ1v) is 41.0. The molecule has 0 bridgehead atoms.